The zero-order valence-electron chi connectivity index (χ0n) is 9.12. The van der Waals surface area contributed by atoms with Gasteiger partial charge in [0.05, 0.1) is 19.2 Å². The van der Waals surface area contributed by atoms with Crippen molar-refractivity contribution in [3.63, 3.8) is 0 Å². The first-order chi connectivity index (χ1) is 8.10. The molecule has 2 amide bonds. The van der Waals surface area contributed by atoms with Crippen molar-refractivity contribution in [2.45, 2.75) is 12.5 Å². The summed E-state index contributed by atoms with van der Waals surface area (Å²) in [6, 6.07) is 3.41. The first kappa shape index (κ1) is 11.4. The molecule has 1 aliphatic rings. The first-order valence-corrected chi connectivity index (χ1v) is 5.04. The quantitative estimate of drug-likeness (QED) is 0.759. The number of anilines is 1. The van der Waals surface area contributed by atoms with Gasteiger partial charge >= 0.3 is 0 Å². The van der Waals surface area contributed by atoms with Crippen LogP contribution in [-0.2, 0) is 9.59 Å². The van der Waals surface area contributed by atoms with Crippen LogP contribution in [0.3, 0.4) is 0 Å². The number of amides is 2. The van der Waals surface area contributed by atoms with Crippen molar-refractivity contribution in [1.29, 1.82) is 0 Å². The Balaban J connectivity index is 2.18. The van der Waals surface area contributed by atoms with E-state index in [-0.39, 0.29) is 18.0 Å². The Morgan fingerprint density at radius 3 is 2.82 bits per heavy atom. The lowest BCUT2D eigenvalue weighted by Crippen LogP contribution is -2.30. The molecule has 1 saturated heterocycles. The number of carbonyl (C=O) groups excluding carboxylic acids is 2. The van der Waals surface area contributed by atoms with Gasteiger partial charge in [-0.2, -0.15) is 0 Å². The fourth-order valence-electron chi connectivity index (χ4n) is 1.60. The fraction of sp³-hybridized carbons (Fsp3) is 0.273. The molecule has 1 unspecified atom stereocenters. The van der Waals surface area contributed by atoms with E-state index < -0.39 is 17.8 Å². The zero-order chi connectivity index (χ0) is 12.4. The van der Waals surface area contributed by atoms with E-state index in [0.717, 1.165) is 0 Å². The minimum atomic E-state index is -0.732. The summed E-state index contributed by atoms with van der Waals surface area (Å²) >= 11 is 0. The normalized spacial score (nSPS) is 19.1. The molecule has 1 aromatic rings. The average molecular weight is 238 g/mol. The number of hydrogen-bond donors (Lipinski definition) is 2. The molecule has 0 aliphatic carbocycles. The molecule has 1 aliphatic heterocycles. The molecule has 1 fully saturated rings. The van der Waals surface area contributed by atoms with Crippen molar-refractivity contribution in [2.24, 2.45) is 0 Å². The molecule has 90 valence electrons. The van der Waals surface area contributed by atoms with Gasteiger partial charge in [-0.25, -0.2) is 4.39 Å². The Labute approximate surface area is 97.0 Å². The largest absolute Gasteiger partial charge is 0.497 e. The third-order valence-corrected chi connectivity index (χ3v) is 2.47. The van der Waals surface area contributed by atoms with E-state index in [1.165, 1.54) is 25.3 Å². The number of hydrogen-bond acceptors (Lipinski definition) is 4. The highest BCUT2D eigenvalue weighted by molar-refractivity contribution is 6.06. The summed E-state index contributed by atoms with van der Waals surface area (Å²) in [5.41, 5.74) is 0.138. The molecule has 0 saturated carbocycles. The Kier molecular flexibility index (Phi) is 2.95. The van der Waals surface area contributed by atoms with Crippen LogP contribution in [-0.4, -0.2) is 25.0 Å². The van der Waals surface area contributed by atoms with E-state index in [4.69, 9.17) is 4.74 Å². The number of nitrogens with one attached hydrogen (secondary N) is 2. The van der Waals surface area contributed by atoms with E-state index in [1.54, 1.807) is 0 Å². The molecule has 5 nitrogen and oxygen atoms in total. The van der Waals surface area contributed by atoms with Crippen molar-refractivity contribution in [2.75, 3.05) is 12.4 Å². The minimum absolute atomic E-state index is 0.00941. The van der Waals surface area contributed by atoms with Crippen LogP contribution in [0.5, 0.6) is 5.75 Å². The maximum absolute atomic E-state index is 13.4. The summed E-state index contributed by atoms with van der Waals surface area (Å²) in [5.74, 6) is -0.843. The van der Waals surface area contributed by atoms with Gasteiger partial charge in [0, 0.05) is 6.07 Å². The molecule has 17 heavy (non-hydrogen) atoms. The van der Waals surface area contributed by atoms with Gasteiger partial charge in [-0.15, -0.1) is 0 Å². The summed E-state index contributed by atoms with van der Waals surface area (Å²) in [6.45, 7) is 0. The van der Waals surface area contributed by atoms with Gasteiger partial charge in [-0.3, -0.25) is 14.9 Å². The first-order valence-electron chi connectivity index (χ1n) is 5.04. The molecule has 1 atom stereocenters. The summed E-state index contributed by atoms with van der Waals surface area (Å²) in [5, 5.41) is 4.82. The fourth-order valence-corrected chi connectivity index (χ4v) is 1.60. The standard InChI is InChI=1S/C11H11FN2O3/c1-17-6-2-3-7(12)8(4-6)13-9-5-10(15)14-11(9)16/h2-4,9,13H,5H2,1H3,(H,14,15,16). The van der Waals surface area contributed by atoms with Gasteiger partial charge < -0.3 is 10.1 Å². The SMILES string of the molecule is COc1ccc(F)c(NC2CC(=O)NC2=O)c1. The van der Waals surface area contributed by atoms with Crippen LogP contribution in [0.1, 0.15) is 6.42 Å². The van der Waals surface area contributed by atoms with E-state index in [9.17, 15) is 14.0 Å². The van der Waals surface area contributed by atoms with E-state index in [2.05, 4.69) is 10.6 Å². The summed E-state index contributed by atoms with van der Waals surface area (Å²) in [4.78, 5) is 22.3. The third kappa shape index (κ3) is 2.35. The summed E-state index contributed by atoms with van der Waals surface area (Å²) in [7, 11) is 1.46. The third-order valence-electron chi connectivity index (χ3n) is 2.47. The molecular formula is C11H11FN2O3. The van der Waals surface area contributed by atoms with Gasteiger partial charge in [0.15, 0.2) is 0 Å². The van der Waals surface area contributed by atoms with Crippen LogP contribution in [0.4, 0.5) is 10.1 Å². The molecule has 2 N–H and O–H groups in total. The highest BCUT2D eigenvalue weighted by Crippen LogP contribution is 2.22. The Bertz CT molecular complexity index is 476. The molecule has 0 bridgehead atoms. The van der Waals surface area contributed by atoms with Crippen LogP contribution < -0.4 is 15.4 Å². The minimum Gasteiger partial charge on any atom is -0.497 e. The van der Waals surface area contributed by atoms with Crippen molar-refractivity contribution in [1.82, 2.24) is 5.32 Å². The lowest BCUT2D eigenvalue weighted by atomic mass is 10.2. The molecule has 0 spiro atoms. The van der Waals surface area contributed by atoms with E-state index in [1.807, 2.05) is 0 Å². The molecule has 1 heterocycles. The number of halogens is 1. The van der Waals surface area contributed by atoms with Crippen molar-refractivity contribution in [3.05, 3.63) is 24.0 Å². The van der Waals surface area contributed by atoms with Gasteiger partial charge in [0.2, 0.25) is 11.8 Å². The van der Waals surface area contributed by atoms with Crippen LogP contribution in [0.2, 0.25) is 0 Å². The molecular weight excluding hydrogens is 227 g/mol. The lowest BCUT2D eigenvalue weighted by molar-refractivity contribution is -0.124. The van der Waals surface area contributed by atoms with Gasteiger partial charge in [0.25, 0.3) is 0 Å². The highest BCUT2D eigenvalue weighted by atomic mass is 19.1. The second-order valence-corrected chi connectivity index (χ2v) is 3.66. The van der Waals surface area contributed by atoms with Crippen LogP contribution in [0.25, 0.3) is 0 Å². The summed E-state index contributed by atoms with van der Waals surface area (Å²) < 4.78 is 18.4. The van der Waals surface area contributed by atoms with Crippen LogP contribution in [0.15, 0.2) is 18.2 Å². The highest BCUT2D eigenvalue weighted by Gasteiger charge is 2.30. The number of benzene rings is 1. The number of rotatable bonds is 3. The maximum atomic E-state index is 13.4. The van der Waals surface area contributed by atoms with Crippen molar-refractivity contribution in [3.8, 4) is 5.75 Å². The van der Waals surface area contributed by atoms with Crippen molar-refractivity contribution >= 4 is 17.5 Å². The van der Waals surface area contributed by atoms with Gasteiger partial charge in [0.1, 0.15) is 17.6 Å². The van der Waals surface area contributed by atoms with Gasteiger partial charge in [-0.05, 0) is 12.1 Å². The molecule has 1 aromatic carbocycles. The monoisotopic (exact) mass is 238 g/mol. The second-order valence-electron chi connectivity index (χ2n) is 3.66. The van der Waals surface area contributed by atoms with E-state index >= 15 is 0 Å². The predicted octanol–water partition coefficient (Wildman–Crippen LogP) is 0.661. The van der Waals surface area contributed by atoms with Gasteiger partial charge in [-0.1, -0.05) is 0 Å². The molecule has 0 aromatic heterocycles. The Morgan fingerprint density at radius 1 is 1.47 bits per heavy atom. The van der Waals surface area contributed by atoms with Crippen molar-refractivity contribution < 1.29 is 18.7 Å². The van der Waals surface area contributed by atoms with E-state index in [0.29, 0.717) is 5.75 Å². The molecule has 0 radical (unpaired) electrons. The Morgan fingerprint density at radius 2 is 2.24 bits per heavy atom. The molecule has 6 heteroatoms. The second kappa shape index (κ2) is 4.40. The molecule has 2 rings (SSSR count). The Hall–Kier alpha value is -2.11. The maximum Gasteiger partial charge on any atom is 0.249 e. The summed E-state index contributed by atoms with van der Waals surface area (Å²) in [6.07, 6.45) is 0.00941. The predicted molar refractivity (Wildman–Crippen MR) is 58.1 cm³/mol. The zero-order valence-corrected chi connectivity index (χ0v) is 9.12. The number of methoxy groups -OCH3 is 1. The van der Waals surface area contributed by atoms with Crippen LogP contribution in [0, 0.1) is 5.82 Å². The number of carbonyl (C=O) groups is 2. The lowest BCUT2D eigenvalue weighted by Gasteiger charge is -2.12. The topological polar surface area (TPSA) is 67.4 Å². The van der Waals surface area contributed by atoms with Crippen LogP contribution >= 0.6 is 0 Å². The average Bonchev–Trinajstić information content (AvgIpc) is 2.60. The number of ether oxygens (including phenoxy) is 1. The smallest absolute Gasteiger partial charge is 0.249 e. The number of imide groups is 1.